The van der Waals surface area contributed by atoms with Crippen LogP contribution in [-0.2, 0) is 11.8 Å². The number of halogens is 1. The van der Waals surface area contributed by atoms with E-state index in [9.17, 15) is 14.0 Å². The van der Waals surface area contributed by atoms with Crippen LogP contribution in [0.1, 0.15) is 67.9 Å². The fourth-order valence-electron chi connectivity index (χ4n) is 4.53. The predicted octanol–water partition coefficient (Wildman–Crippen LogP) is 5.14. The minimum Gasteiger partial charge on any atom is -0.353 e. The van der Waals surface area contributed by atoms with Gasteiger partial charge in [-0.25, -0.2) is 4.39 Å². The summed E-state index contributed by atoms with van der Waals surface area (Å²) in [6.07, 6.45) is 9.84. The quantitative estimate of drug-likeness (QED) is 0.384. The third-order valence-electron chi connectivity index (χ3n) is 6.52. The predicted molar refractivity (Wildman–Crippen MR) is 138 cm³/mol. The lowest BCUT2D eigenvalue weighted by Crippen LogP contribution is -2.44. The molecule has 2 heterocycles. The normalized spacial score (nSPS) is 14.6. The highest BCUT2D eigenvalue weighted by molar-refractivity contribution is 6.01. The number of benzene rings is 1. The smallest absolute Gasteiger partial charge is 0.252 e. The number of carbonyl (C=O) groups excluding carboxylic acids is 2. The van der Waals surface area contributed by atoms with E-state index in [1.165, 1.54) is 18.2 Å². The largest absolute Gasteiger partial charge is 0.353 e. The fraction of sp³-hybridized carbons (Fsp3) is 0.407. The number of rotatable bonds is 9. The molecule has 4 rings (SSSR count). The first-order valence-corrected chi connectivity index (χ1v) is 12.4. The molecule has 3 N–H and O–H groups in total. The molecule has 1 fully saturated rings. The third kappa shape index (κ3) is 6.47. The first-order chi connectivity index (χ1) is 17.3. The van der Waals surface area contributed by atoms with Gasteiger partial charge in [-0.2, -0.15) is 5.10 Å². The minimum atomic E-state index is -0.712. The first kappa shape index (κ1) is 25.3. The Labute approximate surface area is 210 Å². The number of hydrogen-bond acceptors (Lipinski definition) is 5. The molecule has 1 aromatic carbocycles. The number of pyridine rings is 1. The minimum absolute atomic E-state index is 0.177. The molecule has 2 amide bonds. The number of aromatic nitrogens is 3. The highest BCUT2D eigenvalue weighted by atomic mass is 19.1. The van der Waals surface area contributed by atoms with Gasteiger partial charge in [0.25, 0.3) is 5.91 Å². The van der Waals surface area contributed by atoms with Crippen molar-refractivity contribution in [3.8, 4) is 0 Å². The second kappa shape index (κ2) is 11.3. The maximum Gasteiger partial charge on any atom is 0.252 e. The molecule has 8 nitrogen and oxygen atoms in total. The molecule has 0 saturated heterocycles. The number of nitrogens with zero attached hydrogens (tertiary/aromatic N) is 3. The summed E-state index contributed by atoms with van der Waals surface area (Å²) in [7, 11) is 1.77. The van der Waals surface area contributed by atoms with Gasteiger partial charge in [-0.05, 0) is 48.6 Å². The van der Waals surface area contributed by atoms with Crippen LogP contribution in [0.4, 0.5) is 21.5 Å². The van der Waals surface area contributed by atoms with Gasteiger partial charge in [0.2, 0.25) is 5.91 Å². The maximum atomic E-state index is 14.6. The summed E-state index contributed by atoms with van der Waals surface area (Å²) in [4.78, 5) is 30.6. The van der Waals surface area contributed by atoms with Gasteiger partial charge in [0.15, 0.2) is 0 Å². The molecule has 9 heteroatoms. The lowest BCUT2D eigenvalue weighted by Gasteiger charge is -2.21. The van der Waals surface area contributed by atoms with Gasteiger partial charge in [0.1, 0.15) is 11.9 Å². The zero-order valence-electron chi connectivity index (χ0n) is 20.9. The van der Waals surface area contributed by atoms with Gasteiger partial charge < -0.3 is 16.0 Å². The van der Waals surface area contributed by atoms with E-state index in [1.54, 1.807) is 36.4 Å². The Morgan fingerprint density at radius 2 is 1.92 bits per heavy atom. The summed E-state index contributed by atoms with van der Waals surface area (Å²) in [6.45, 7) is 4.06. The van der Waals surface area contributed by atoms with E-state index in [0.717, 1.165) is 31.4 Å². The van der Waals surface area contributed by atoms with Gasteiger partial charge in [-0.3, -0.25) is 19.3 Å². The van der Waals surface area contributed by atoms with E-state index in [4.69, 9.17) is 0 Å². The van der Waals surface area contributed by atoms with Gasteiger partial charge in [-0.1, -0.05) is 39.5 Å². The molecular weight excluding hydrogens is 459 g/mol. The first-order valence-electron chi connectivity index (χ1n) is 12.4. The number of amides is 2. The molecule has 2 aromatic heterocycles. The van der Waals surface area contributed by atoms with E-state index in [0.29, 0.717) is 23.7 Å². The van der Waals surface area contributed by atoms with Crippen LogP contribution in [0.15, 0.2) is 48.9 Å². The summed E-state index contributed by atoms with van der Waals surface area (Å²) in [5.74, 6) is -0.599. The van der Waals surface area contributed by atoms with E-state index < -0.39 is 17.8 Å². The fourth-order valence-corrected chi connectivity index (χ4v) is 4.53. The van der Waals surface area contributed by atoms with Crippen LogP contribution >= 0.6 is 0 Å². The monoisotopic (exact) mass is 492 g/mol. The van der Waals surface area contributed by atoms with Crippen LogP contribution < -0.4 is 16.0 Å². The lowest BCUT2D eigenvalue weighted by atomic mass is 9.97. The van der Waals surface area contributed by atoms with Gasteiger partial charge >= 0.3 is 0 Å². The molecule has 3 aromatic rings. The number of anilines is 3. The third-order valence-corrected chi connectivity index (χ3v) is 6.52. The zero-order valence-corrected chi connectivity index (χ0v) is 20.9. The topological polar surface area (TPSA) is 101 Å². The van der Waals surface area contributed by atoms with Crippen LogP contribution in [0.2, 0.25) is 0 Å². The Morgan fingerprint density at radius 1 is 1.14 bits per heavy atom. The Balaban J connectivity index is 1.50. The van der Waals surface area contributed by atoms with E-state index in [2.05, 4.69) is 26.0 Å². The standard InChI is InChI=1S/C27H33FN6O2/c1-17(2)23-14-20(10-11-29-23)31-24-13-19(8-9-22(24)28)26(35)33-25(12-18-6-4-5-7-18)27(36)32-21-15-30-34(3)16-21/h8-11,13-18,25H,4-7,12H2,1-3H3,(H,29,31)(H,32,36)(H,33,35). The molecular formula is C27H33FN6O2. The number of aryl methyl sites for hydroxylation is 1. The van der Waals surface area contributed by atoms with E-state index >= 15 is 0 Å². The summed E-state index contributed by atoms with van der Waals surface area (Å²) < 4.78 is 16.2. The summed E-state index contributed by atoms with van der Waals surface area (Å²) in [6, 6.07) is 7.04. The van der Waals surface area contributed by atoms with Crippen LogP contribution in [0.3, 0.4) is 0 Å². The van der Waals surface area contributed by atoms with Crippen molar-refractivity contribution < 1.29 is 14.0 Å². The van der Waals surface area contributed by atoms with Crippen molar-refractivity contribution in [1.29, 1.82) is 0 Å². The van der Waals surface area contributed by atoms with E-state index in [-0.39, 0.29) is 23.1 Å². The molecule has 0 spiro atoms. The zero-order chi connectivity index (χ0) is 25.7. The molecule has 0 aliphatic heterocycles. The molecule has 36 heavy (non-hydrogen) atoms. The average Bonchev–Trinajstić information content (AvgIpc) is 3.51. The van der Waals surface area contributed by atoms with Crippen molar-refractivity contribution in [1.82, 2.24) is 20.1 Å². The maximum absolute atomic E-state index is 14.6. The Bertz CT molecular complexity index is 1220. The highest BCUT2D eigenvalue weighted by Crippen LogP contribution is 2.29. The summed E-state index contributed by atoms with van der Waals surface area (Å²) in [5, 5.41) is 12.9. The molecule has 0 bridgehead atoms. The second-order valence-corrected chi connectivity index (χ2v) is 9.75. The number of hydrogen-bond donors (Lipinski definition) is 3. The Morgan fingerprint density at radius 3 is 2.61 bits per heavy atom. The lowest BCUT2D eigenvalue weighted by molar-refractivity contribution is -0.118. The average molecular weight is 493 g/mol. The van der Waals surface area contributed by atoms with Gasteiger partial charge in [0.05, 0.1) is 17.6 Å². The van der Waals surface area contributed by atoms with Crippen molar-refractivity contribution in [3.05, 3.63) is 66.0 Å². The molecule has 0 radical (unpaired) electrons. The van der Waals surface area contributed by atoms with Crippen LogP contribution in [-0.4, -0.2) is 32.6 Å². The Kier molecular flexibility index (Phi) is 7.97. The van der Waals surface area contributed by atoms with Crippen LogP contribution in [0.5, 0.6) is 0 Å². The van der Waals surface area contributed by atoms with Crippen molar-refractivity contribution in [2.24, 2.45) is 13.0 Å². The van der Waals surface area contributed by atoms with Crippen LogP contribution in [0, 0.1) is 11.7 Å². The molecule has 1 aliphatic carbocycles. The SMILES string of the molecule is CC(C)c1cc(Nc2cc(C(=O)NC(CC3CCCC3)C(=O)Nc3cnn(C)c3)ccc2F)ccn1. The van der Waals surface area contributed by atoms with Gasteiger partial charge in [-0.15, -0.1) is 0 Å². The summed E-state index contributed by atoms with van der Waals surface area (Å²) >= 11 is 0. The van der Waals surface area contributed by atoms with Crippen LogP contribution in [0.25, 0.3) is 0 Å². The summed E-state index contributed by atoms with van der Waals surface area (Å²) in [5.41, 5.74) is 2.57. The molecule has 1 unspecified atom stereocenters. The van der Waals surface area contributed by atoms with Crippen molar-refractivity contribution in [2.75, 3.05) is 10.6 Å². The van der Waals surface area contributed by atoms with Crippen molar-refractivity contribution in [3.63, 3.8) is 0 Å². The number of carbonyl (C=O) groups is 2. The van der Waals surface area contributed by atoms with Crippen molar-refractivity contribution >= 4 is 28.9 Å². The van der Waals surface area contributed by atoms with Gasteiger partial charge in [0, 0.05) is 36.4 Å². The molecule has 1 atom stereocenters. The van der Waals surface area contributed by atoms with Crippen molar-refractivity contribution in [2.45, 2.75) is 57.9 Å². The Hall–Kier alpha value is -3.75. The molecule has 1 saturated carbocycles. The van der Waals surface area contributed by atoms with E-state index in [1.807, 2.05) is 19.9 Å². The highest BCUT2D eigenvalue weighted by Gasteiger charge is 2.27. The molecule has 190 valence electrons. The molecule has 1 aliphatic rings. The number of nitrogens with one attached hydrogen (secondary N) is 3. The second-order valence-electron chi connectivity index (χ2n) is 9.75.